The Kier molecular flexibility index (Phi) is 8.87. The van der Waals surface area contributed by atoms with Gasteiger partial charge in [-0.25, -0.2) is 4.99 Å². The lowest BCUT2D eigenvalue weighted by atomic mass is 10.1. The Bertz CT molecular complexity index is 589. The summed E-state index contributed by atoms with van der Waals surface area (Å²) in [6.07, 6.45) is 4.31. The number of quaternary nitrogens is 1. The van der Waals surface area contributed by atoms with Gasteiger partial charge in [-0.3, -0.25) is 13.8 Å². The number of aliphatic hydroxyl groups excluding tert-OH is 2. The van der Waals surface area contributed by atoms with E-state index in [1.807, 2.05) is 6.08 Å². The van der Waals surface area contributed by atoms with Crippen LogP contribution in [0.4, 0.5) is 0 Å². The Morgan fingerprint density at radius 3 is 2.68 bits per heavy atom. The minimum atomic E-state index is -4.32. The monoisotopic (exact) mass is 377 g/mol. The average molecular weight is 377 g/mol. The summed E-state index contributed by atoms with van der Waals surface area (Å²) < 4.78 is 30.8. The van der Waals surface area contributed by atoms with Gasteiger partial charge >= 0.3 is 0 Å². The molecule has 8 nitrogen and oxygen atoms in total. The van der Waals surface area contributed by atoms with Gasteiger partial charge in [0.25, 0.3) is 16.0 Å². The van der Waals surface area contributed by atoms with Crippen LogP contribution in [0, 0.1) is 0 Å². The first-order valence-corrected chi connectivity index (χ1v) is 10.1. The average Bonchev–Trinajstić information content (AvgIpc) is 2.88. The van der Waals surface area contributed by atoms with E-state index in [-0.39, 0.29) is 35.8 Å². The maximum atomic E-state index is 12.5. The molecule has 2 atom stereocenters. The van der Waals surface area contributed by atoms with E-state index < -0.39 is 22.0 Å². The second-order valence-corrected chi connectivity index (χ2v) is 7.91. The van der Waals surface area contributed by atoms with Crippen LogP contribution >= 0.6 is 0 Å². The molecule has 0 aliphatic carbocycles. The minimum Gasteiger partial charge on any atom is -0.390 e. The van der Waals surface area contributed by atoms with Crippen molar-refractivity contribution < 1.29 is 32.5 Å². The molecule has 0 aromatic rings. The number of ketones is 1. The van der Waals surface area contributed by atoms with E-state index in [9.17, 15) is 23.4 Å². The summed E-state index contributed by atoms with van der Waals surface area (Å²) in [5.74, 6) is -0.655. The molecule has 1 rings (SSSR count). The SMILES string of the molecule is C=CCCCCCC(=O)C1=NCC[N+]1(CCO)CC(O)CS(=O)(=O)O. The van der Waals surface area contributed by atoms with Crippen LogP contribution < -0.4 is 0 Å². The van der Waals surface area contributed by atoms with E-state index in [0.717, 1.165) is 25.7 Å². The molecule has 144 valence electrons. The number of carbonyl (C=O) groups excluding carboxylic acids is 1. The topological polar surface area (TPSA) is 124 Å². The molecule has 0 amide bonds. The molecule has 2 unspecified atom stereocenters. The zero-order valence-corrected chi connectivity index (χ0v) is 15.3. The molecular formula is C16H29N2O6S+. The number of carbonyl (C=O) groups is 1. The molecule has 0 saturated heterocycles. The molecule has 0 radical (unpaired) electrons. The lowest BCUT2D eigenvalue weighted by Crippen LogP contribution is -2.59. The van der Waals surface area contributed by atoms with Gasteiger partial charge in [-0.2, -0.15) is 8.42 Å². The fourth-order valence-electron chi connectivity index (χ4n) is 3.20. The lowest BCUT2D eigenvalue weighted by Gasteiger charge is -2.34. The minimum absolute atomic E-state index is 0.0430. The molecular weight excluding hydrogens is 348 g/mol. The Labute approximate surface area is 149 Å². The fraction of sp³-hybridized carbons (Fsp3) is 0.750. The van der Waals surface area contributed by atoms with Crippen LogP contribution in [-0.2, 0) is 14.9 Å². The zero-order chi connectivity index (χ0) is 18.9. The molecule has 1 aliphatic heterocycles. The van der Waals surface area contributed by atoms with Crippen LogP contribution in [0.1, 0.15) is 32.1 Å². The number of nitrogens with zero attached hydrogens (tertiary/aromatic N) is 2. The van der Waals surface area contributed by atoms with Gasteiger partial charge in [-0.05, 0) is 19.3 Å². The van der Waals surface area contributed by atoms with Crippen LogP contribution in [-0.4, -0.2) is 83.9 Å². The molecule has 9 heteroatoms. The van der Waals surface area contributed by atoms with Gasteiger partial charge in [0.05, 0.1) is 13.2 Å². The number of rotatable bonds is 13. The van der Waals surface area contributed by atoms with Crippen molar-refractivity contribution in [2.45, 2.75) is 38.2 Å². The fourth-order valence-corrected chi connectivity index (χ4v) is 3.79. The Morgan fingerprint density at radius 2 is 2.08 bits per heavy atom. The smallest absolute Gasteiger partial charge is 0.267 e. The summed E-state index contributed by atoms with van der Waals surface area (Å²) >= 11 is 0. The Morgan fingerprint density at radius 1 is 1.36 bits per heavy atom. The van der Waals surface area contributed by atoms with Crippen LogP contribution in [0.25, 0.3) is 0 Å². The second kappa shape index (κ2) is 10.1. The predicted octanol–water partition coefficient (Wildman–Crippen LogP) is 0.162. The Balaban J connectivity index is 2.75. The zero-order valence-electron chi connectivity index (χ0n) is 14.5. The van der Waals surface area contributed by atoms with Crippen LogP contribution in [0.3, 0.4) is 0 Å². The van der Waals surface area contributed by atoms with Crippen LogP contribution in [0.5, 0.6) is 0 Å². The third kappa shape index (κ3) is 7.33. The van der Waals surface area contributed by atoms with Gasteiger partial charge in [0, 0.05) is 6.42 Å². The molecule has 1 aliphatic rings. The summed E-state index contributed by atoms with van der Waals surface area (Å²) in [6, 6.07) is 0. The van der Waals surface area contributed by atoms with Crippen molar-refractivity contribution in [2.24, 2.45) is 4.99 Å². The normalized spacial score (nSPS) is 21.8. The number of hydrogen-bond donors (Lipinski definition) is 3. The van der Waals surface area contributed by atoms with Crippen molar-refractivity contribution in [3.05, 3.63) is 12.7 Å². The third-order valence-electron chi connectivity index (χ3n) is 4.29. The highest BCUT2D eigenvalue weighted by molar-refractivity contribution is 7.85. The van der Waals surface area contributed by atoms with Crippen molar-refractivity contribution in [3.8, 4) is 0 Å². The Hall–Kier alpha value is -1.13. The van der Waals surface area contributed by atoms with Crippen molar-refractivity contribution in [3.63, 3.8) is 0 Å². The maximum Gasteiger partial charge on any atom is 0.267 e. The highest BCUT2D eigenvalue weighted by Crippen LogP contribution is 2.19. The summed E-state index contributed by atoms with van der Waals surface area (Å²) in [4.78, 5) is 16.8. The molecule has 0 bridgehead atoms. The van der Waals surface area contributed by atoms with Gasteiger partial charge in [-0.1, -0.05) is 12.5 Å². The maximum absolute atomic E-state index is 12.5. The summed E-state index contributed by atoms with van der Waals surface area (Å²) in [5.41, 5.74) is 0. The van der Waals surface area contributed by atoms with Gasteiger partial charge in [-0.15, -0.1) is 6.58 Å². The third-order valence-corrected chi connectivity index (χ3v) is 5.10. The van der Waals surface area contributed by atoms with E-state index in [1.165, 1.54) is 0 Å². The first-order valence-electron chi connectivity index (χ1n) is 8.53. The van der Waals surface area contributed by atoms with Crippen molar-refractivity contribution in [2.75, 3.05) is 38.5 Å². The van der Waals surface area contributed by atoms with E-state index in [0.29, 0.717) is 19.5 Å². The number of aliphatic hydroxyl groups is 2. The molecule has 0 spiro atoms. The second-order valence-electron chi connectivity index (χ2n) is 6.42. The largest absolute Gasteiger partial charge is 0.390 e. The molecule has 25 heavy (non-hydrogen) atoms. The van der Waals surface area contributed by atoms with Gasteiger partial charge < -0.3 is 10.2 Å². The lowest BCUT2D eigenvalue weighted by molar-refractivity contribution is -0.837. The van der Waals surface area contributed by atoms with E-state index in [1.54, 1.807) is 0 Å². The summed E-state index contributed by atoms with van der Waals surface area (Å²) in [7, 11) is -4.32. The number of Topliss-reactive ketones (excluding diaryl/α,β-unsaturated/α-hetero) is 1. The first kappa shape index (κ1) is 21.9. The highest BCUT2D eigenvalue weighted by atomic mass is 32.2. The van der Waals surface area contributed by atoms with E-state index in [4.69, 9.17) is 4.55 Å². The van der Waals surface area contributed by atoms with Crippen molar-refractivity contribution >= 4 is 21.7 Å². The molecule has 3 N–H and O–H groups in total. The number of amidine groups is 1. The molecule has 0 aromatic carbocycles. The molecule has 0 fully saturated rings. The number of aliphatic imine (C=N–C) groups is 1. The van der Waals surface area contributed by atoms with Crippen LogP contribution in [0.15, 0.2) is 17.6 Å². The number of hydrogen-bond acceptors (Lipinski definition) is 6. The van der Waals surface area contributed by atoms with Gasteiger partial charge in [0.15, 0.2) is 0 Å². The van der Waals surface area contributed by atoms with Gasteiger partial charge in [0.2, 0.25) is 5.78 Å². The summed E-state index contributed by atoms with van der Waals surface area (Å²) in [5, 5.41) is 19.4. The summed E-state index contributed by atoms with van der Waals surface area (Å²) in [6.45, 7) is 4.32. The molecule has 0 aromatic heterocycles. The van der Waals surface area contributed by atoms with E-state index in [2.05, 4.69) is 11.6 Å². The van der Waals surface area contributed by atoms with Gasteiger partial charge in [0.1, 0.15) is 31.5 Å². The number of allylic oxidation sites excluding steroid dienone is 1. The highest BCUT2D eigenvalue weighted by Gasteiger charge is 2.43. The van der Waals surface area contributed by atoms with Crippen LogP contribution in [0.2, 0.25) is 0 Å². The van der Waals surface area contributed by atoms with E-state index >= 15 is 0 Å². The standard InChI is InChI=1S/C16H28N2O6S/c1-2-3-4-5-6-7-15(21)16-17-8-9-18(16,10-11-19)12-14(20)13-25(22,23)24/h2,14,19-20H,1,3-13H2/p+1. The first-order chi connectivity index (χ1) is 11.7. The van der Waals surface area contributed by atoms with Crippen molar-refractivity contribution in [1.29, 1.82) is 0 Å². The number of unbranched alkanes of at least 4 members (excludes halogenated alkanes) is 3. The molecule has 1 heterocycles. The van der Waals surface area contributed by atoms with Crippen molar-refractivity contribution in [1.82, 2.24) is 0 Å². The predicted molar refractivity (Wildman–Crippen MR) is 95.0 cm³/mol. The molecule has 0 saturated carbocycles. The quantitative estimate of drug-likeness (QED) is 0.182.